The lowest BCUT2D eigenvalue weighted by atomic mass is 9.85. The Balaban J connectivity index is 1.22. The molecule has 44 heavy (non-hydrogen) atoms. The lowest BCUT2D eigenvalue weighted by molar-refractivity contribution is -0.135. The number of likely N-dealkylation sites (tertiary alicyclic amines) is 1. The zero-order valence-electron chi connectivity index (χ0n) is 25.1. The molecule has 2 saturated heterocycles. The van der Waals surface area contributed by atoms with Gasteiger partial charge in [0.05, 0.1) is 19.9 Å². The Morgan fingerprint density at radius 1 is 0.841 bits per heavy atom. The van der Waals surface area contributed by atoms with Crippen LogP contribution in [-0.2, 0) is 17.9 Å². The first kappa shape index (κ1) is 29.2. The molecule has 0 bridgehead atoms. The molecule has 4 aromatic rings. The van der Waals surface area contributed by atoms with E-state index in [1.807, 2.05) is 97.2 Å². The molecule has 3 aromatic carbocycles. The van der Waals surface area contributed by atoms with Gasteiger partial charge in [-0.15, -0.1) is 0 Å². The quantitative estimate of drug-likeness (QED) is 0.230. The molecule has 3 amide bonds. The SMILES string of the molecule is COc1cc(CN2CCC3(CC2)C(=O)N(CC=Cc2ccccc2)C(=O)N3Cc2ccc(-n3cccn3)cc2)cc(OC)c1. The number of aromatic nitrogens is 2. The molecule has 1 spiro atoms. The van der Waals surface area contributed by atoms with Crippen LogP contribution in [0, 0.1) is 0 Å². The second-order valence-electron chi connectivity index (χ2n) is 11.2. The second-order valence-corrected chi connectivity index (χ2v) is 11.2. The summed E-state index contributed by atoms with van der Waals surface area (Å²) in [5.74, 6) is 1.37. The maximum atomic E-state index is 14.1. The fraction of sp³-hybridized carbons (Fsp3) is 0.286. The van der Waals surface area contributed by atoms with Crippen molar-refractivity contribution in [3.8, 4) is 17.2 Å². The third-order valence-electron chi connectivity index (χ3n) is 8.57. The number of urea groups is 1. The minimum Gasteiger partial charge on any atom is -0.497 e. The van der Waals surface area contributed by atoms with Crippen molar-refractivity contribution in [3.63, 3.8) is 0 Å². The van der Waals surface area contributed by atoms with Crippen molar-refractivity contribution in [3.05, 3.63) is 114 Å². The minimum atomic E-state index is -0.888. The first-order chi connectivity index (χ1) is 21.5. The highest BCUT2D eigenvalue weighted by atomic mass is 16.5. The van der Waals surface area contributed by atoms with Crippen molar-refractivity contribution in [2.75, 3.05) is 33.9 Å². The maximum Gasteiger partial charge on any atom is 0.328 e. The van der Waals surface area contributed by atoms with Gasteiger partial charge in [-0.3, -0.25) is 14.6 Å². The molecule has 9 heteroatoms. The van der Waals surface area contributed by atoms with Crippen LogP contribution in [0.1, 0.15) is 29.5 Å². The molecule has 2 fully saturated rings. The van der Waals surface area contributed by atoms with Crippen molar-refractivity contribution in [2.24, 2.45) is 0 Å². The number of nitrogens with zero attached hydrogens (tertiary/aromatic N) is 5. The molecule has 0 unspecified atom stereocenters. The molecule has 3 heterocycles. The van der Waals surface area contributed by atoms with Crippen LogP contribution in [0.4, 0.5) is 4.79 Å². The zero-order chi connectivity index (χ0) is 30.5. The number of amides is 3. The second kappa shape index (κ2) is 12.8. The maximum absolute atomic E-state index is 14.1. The number of benzene rings is 3. The summed E-state index contributed by atoms with van der Waals surface area (Å²) in [5.41, 5.74) is 3.12. The van der Waals surface area contributed by atoms with Gasteiger partial charge in [0.2, 0.25) is 0 Å². The van der Waals surface area contributed by atoms with Crippen LogP contribution in [0.25, 0.3) is 11.8 Å². The summed E-state index contributed by atoms with van der Waals surface area (Å²) >= 11 is 0. The topological polar surface area (TPSA) is 80.1 Å². The van der Waals surface area contributed by atoms with E-state index < -0.39 is 5.54 Å². The van der Waals surface area contributed by atoms with E-state index in [4.69, 9.17) is 9.47 Å². The number of hydrogen-bond acceptors (Lipinski definition) is 6. The Hall–Kier alpha value is -4.89. The lowest BCUT2D eigenvalue weighted by Gasteiger charge is -2.42. The molecule has 9 nitrogen and oxygen atoms in total. The van der Waals surface area contributed by atoms with E-state index in [1.165, 1.54) is 4.90 Å². The van der Waals surface area contributed by atoms with E-state index in [0.29, 0.717) is 39.0 Å². The van der Waals surface area contributed by atoms with E-state index in [-0.39, 0.29) is 18.5 Å². The summed E-state index contributed by atoms with van der Waals surface area (Å²) in [5, 5.41) is 4.30. The van der Waals surface area contributed by atoms with Crippen LogP contribution < -0.4 is 9.47 Å². The Morgan fingerprint density at radius 2 is 1.55 bits per heavy atom. The molecule has 6 rings (SSSR count). The average molecular weight is 592 g/mol. The first-order valence-electron chi connectivity index (χ1n) is 14.9. The van der Waals surface area contributed by atoms with Gasteiger partial charge in [-0.2, -0.15) is 5.10 Å². The van der Waals surface area contributed by atoms with Crippen LogP contribution >= 0.6 is 0 Å². The van der Waals surface area contributed by atoms with Gasteiger partial charge < -0.3 is 14.4 Å². The van der Waals surface area contributed by atoms with Crippen LogP contribution in [0.2, 0.25) is 0 Å². The van der Waals surface area contributed by atoms with Gasteiger partial charge >= 0.3 is 6.03 Å². The van der Waals surface area contributed by atoms with E-state index in [2.05, 4.69) is 10.00 Å². The number of carbonyl (C=O) groups is 2. The molecule has 0 radical (unpaired) electrons. The number of ether oxygens (including phenoxy) is 2. The van der Waals surface area contributed by atoms with Gasteiger partial charge in [0.15, 0.2) is 0 Å². The molecule has 0 N–H and O–H groups in total. The molecule has 0 saturated carbocycles. The number of rotatable bonds is 10. The number of methoxy groups -OCH3 is 2. The van der Waals surface area contributed by atoms with E-state index in [9.17, 15) is 9.59 Å². The lowest BCUT2D eigenvalue weighted by Crippen LogP contribution is -2.56. The Morgan fingerprint density at radius 3 is 2.18 bits per heavy atom. The zero-order valence-corrected chi connectivity index (χ0v) is 25.1. The molecule has 1 aromatic heterocycles. The van der Waals surface area contributed by atoms with E-state index >= 15 is 0 Å². The number of hydrogen-bond donors (Lipinski definition) is 0. The summed E-state index contributed by atoms with van der Waals surface area (Å²) in [6.45, 7) is 2.65. The van der Waals surface area contributed by atoms with Crippen molar-refractivity contribution in [1.82, 2.24) is 24.5 Å². The number of piperidine rings is 1. The third-order valence-corrected chi connectivity index (χ3v) is 8.57. The molecule has 0 aliphatic carbocycles. The van der Waals surface area contributed by atoms with Gasteiger partial charge in [0.1, 0.15) is 17.0 Å². The van der Waals surface area contributed by atoms with Crippen LogP contribution in [0.5, 0.6) is 11.5 Å². The highest BCUT2D eigenvalue weighted by Crippen LogP contribution is 2.39. The van der Waals surface area contributed by atoms with Gasteiger partial charge in [0.25, 0.3) is 5.91 Å². The molecule has 2 aliphatic rings. The van der Waals surface area contributed by atoms with Crippen LogP contribution in [0.3, 0.4) is 0 Å². The Bertz CT molecular complexity index is 1590. The number of carbonyl (C=O) groups excluding carboxylic acids is 2. The Kier molecular flexibility index (Phi) is 8.47. The van der Waals surface area contributed by atoms with Crippen molar-refractivity contribution >= 4 is 18.0 Å². The first-order valence-corrected chi connectivity index (χ1v) is 14.9. The fourth-order valence-electron chi connectivity index (χ4n) is 6.16. The number of imide groups is 1. The summed E-state index contributed by atoms with van der Waals surface area (Å²) in [4.78, 5) is 33.6. The van der Waals surface area contributed by atoms with E-state index in [0.717, 1.165) is 33.9 Å². The Labute approximate surface area is 257 Å². The summed E-state index contributed by atoms with van der Waals surface area (Å²) in [6.07, 6.45) is 8.60. The largest absolute Gasteiger partial charge is 0.497 e. The molecular weight excluding hydrogens is 554 g/mol. The third kappa shape index (κ3) is 5.96. The highest BCUT2D eigenvalue weighted by molar-refractivity contribution is 6.07. The van der Waals surface area contributed by atoms with Crippen molar-refractivity contribution in [2.45, 2.75) is 31.5 Å². The predicted octanol–water partition coefficient (Wildman–Crippen LogP) is 5.40. The summed E-state index contributed by atoms with van der Waals surface area (Å²) in [7, 11) is 3.29. The van der Waals surface area contributed by atoms with Gasteiger partial charge in [0, 0.05) is 51.2 Å². The minimum absolute atomic E-state index is 0.115. The average Bonchev–Trinajstić information content (AvgIpc) is 3.66. The van der Waals surface area contributed by atoms with E-state index in [1.54, 1.807) is 30.0 Å². The predicted molar refractivity (Wildman–Crippen MR) is 168 cm³/mol. The normalized spacial score (nSPS) is 16.8. The van der Waals surface area contributed by atoms with Gasteiger partial charge in [-0.05, 0) is 59.9 Å². The molecule has 2 aliphatic heterocycles. The molecule has 0 atom stereocenters. The van der Waals surface area contributed by atoms with Crippen molar-refractivity contribution < 1.29 is 19.1 Å². The summed E-state index contributed by atoms with van der Waals surface area (Å²) < 4.78 is 12.7. The monoisotopic (exact) mass is 591 g/mol. The van der Waals surface area contributed by atoms with Crippen LogP contribution in [0.15, 0.2) is 97.3 Å². The van der Waals surface area contributed by atoms with Gasteiger partial charge in [-0.25, -0.2) is 9.48 Å². The smallest absolute Gasteiger partial charge is 0.328 e. The van der Waals surface area contributed by atoms with Crippen molar-refractivity contribution in [1.29, 1.82) is 0 Å². The standard InChI is InChI=1S/C35H37N5O4/c1-43-31-22-29(23-32(24-31)44-2)25-37-20-15-35(16-21-37)33(41)38(18-6-10-27-8-4-3-5-9-27)34(42)39(35)26-28-11-13-30(14-12-28)40-19-7-17-36-40/h3-14,17,19,22-24H,15-16,18,20-21,25-26H2,1-2H3. The fourth-order valence-corrected chi connectivity index (χ4v) is 6.16. The molecule has 226 valence electrons. The summed E-state index contributed by atoms with van der Waals surface area (Å²) in [6, 6.07) is 25.4. The molecular formula is C35H37N5O4. The van der Waals surface area contributed by atoms with Gasteiger partial charge in [-0.1, -0.05) is 54.6 Å². The van der Waals surface area contributed by atoms with Crippen LogP contribution in [-0.4, -0.2) is 75.8 Å². The highest BCUT2D eigenvalue weighted by Gasteiger charge is 2.57.